The van der Waals surface area contributed by atoms with Gasteiger partial charge >= 0.3 is 0 Å². The Hall–Kier alpha value is -1.22. The molecule has 3 nitrogen and oxygen atoms in total. The molecular weight excluding hydrogens is 226 g/mol. The first-order valence-corrected chi connectivity index (χ1v) is 6.44. The first-order chi connectivity index (χ1) is 8.56. The van der Waals surface area contributed by atoms with Gasteiger partial charge in [-0.3, -0.25) is 0 Å². The van der Waals surface area contributed by atoms with Crippen LogP contribution in [0.25, 0.3) is 0 Å². The first-order valence-electron chi connectivity index (χ1n) is 6.44. The summed E-state index contributed by atoms with van der Waals surface area (Å²) >= 11 is 0. The summed E-state index contributed by atoms with van der Waals surface area (Å²) in [5.41, 5.74) is 1.10. The average molecular weight is 251 g/mol. The fourth-order valence-electron chi connectivity index (χ4n) is 2.24. The van der Waals surface area contributed by atoms with E-state index in [0.717, 1.165) is 17.1 Å². The Kier molecular flexibility index (Phi) is 5.48. The number of methoxy groups -OCH3 is 2. The van der Waals surface area contributed by atoms with Crippen molar-refractivity contribution >= 4 is 0 Å². The highest BCUT2D eigenvalue weighted by Crippen LogP contribution is 2.39. The fraction of sp³-hybridized carbons (Fsp3) is 0.600. The molecule has 0 heterocycles. The lowest BCUT2D eigenvalue weighted by Crippen LogP contribution is -2.27. The van der Waals surface area contributed by atoms with Crippen molar-refractivity contribution in [2.45, 2.75) is 26.8 Å². The molecule has 0 amide bonds. The van der Waals surface area contributed by atoms with E-state index in [9.17, 15) is 0 Å². The SMILES string of the molecule is CNC(c1c(OC)cccc1OC)C(C)C(C)C. The molecule has 18 heavy (non-hydrogen) atoms. The van der Waals surface area contributed by atoms with Crippen molar-refractivity contribution in [2.75, 3.05) is 21.3 Å². The molecule has 102 valence electrons. The zero-order valence-electron chi connectivity index (χ0n) is 12.3. The molecule has 0 saturated heterocycles. The molecule has 0 aliphatic carbocycles. The van der Waals surface area contributed by atoms with Gasteiger partial charge in [0.15, 0.2) is 0 Å². The molecule has 3 heteroatoms. The van der Waals surface area contributed by atoms with Crippen LogP contribution in [0.1, 0.15) is 32.4 Å². The molecule has 2 unspecified atom stereocenters. The lowest BCUT2D eigenvalue weighted by molar-refractivity contribution is 0.295. The van der Waals surface area contributed by atoms with Crippen molar-refractivity contribution in [1.29, 1.82) is 0 Å². The number of hydrogen-bond donors (Lipinski definition) is 1. The number of benzene rings is 1. The molecule has 0 bridgehead atoms. The van der Waals surface area contributed by atoms with Gasteiger partial charge in [0, 0.05) is 6.04 Å². The Morgan fingerprint density at radius 3 is 1.83 bits per heavy atom. The third-order valence-electron chi connectivity index (χ3n) is 3.67. The Balaban J connectivity index is 3.26. The van der Waals surface area contributed by atoms with Gasteiger partial charge in [-0.1, -0.05) is 26.8 Å². The van der Waals surface area contributed by atoms with Crippen LogP contribution in [0.2, 0.25) is 0 Å². The van der Waals surface area contributed by atoms with Crippen LogP contribution >= 0.6 is 0 Å². The van der Waals surface area contributed by atoms with E-state index in [1.807, 2.05) is 25.2 Å². The minimum absolute atomic E-state index is 0.219. The standard InChI is InChI=1S/C15H25NO2/c1-10(2)11(3)15(16-4)14-12(17-5)8-7-9-13(14)18-6/h7-11,15-16H,1-6H3. The molecular formula is C15H25NO2. The second-order valence-electron chi connectivity index (χ2n) is 4.95. The van der Waals surface area contributed by atoms with Crippen LogP contribution in [-0.2, 0) is 0 Å². The van der Waals surface area contributed by atoms with Crippen LogP contribution < -0.4 is 14.8 Å². The molecule has 2 atom stereocenters. The van der Waals surface area contributed by atoms with Crippen LogP contribution in [-0.4, -0.2) is 21.3 Å². The van der Waals surface area contributed by atoms with Crippen molar-refractivity contribution < 1.29 is 9.47 Å². The van der Waals surface area contributed by atoms with Crippen LogP contribution in [0.3, 0.4) is 0 Å². The van der Waals surface area contributed by atoms with Crippen LogP contribution in [0.4, 0.5) is 0 Å². The molecule has 0 spiro atoms. The summed E-state index contributed by atoms with van der Waals surface area (Å²) in [7, 11) is 5.38. The van der Waals surface area contributed by atoms with E-state index in [1.54, 1.807) is 14.2 Å². The third kappa shape index (κ3) is 2.96. The van der Waals surface area contributed by atoms with Crippen molar-refractivity contribution in [3.8, 4) is 11.5 Å². The zero-order valence-corrected chi connectivity index (χ0v) is 12.3. The summed E-state index contributed by atoms with van der Waals surface area (Å²) in [5, 5.41) is 3.39. The molecule has 1 N–H and O–H groups in total. The number of rotatable bonds is 6. The molecule has 0 radical (unpaired) electrons. The second kappa shape index (κ2) is 6.64. The van der Waals surface area contributed by atoms with E-state index in [0.29, 0.717) is 11.8 Å². The summed E-state index contributed by atoms with van der Waals surface area (Å²) in [6, 6.07) is 6.13. The largest absolute Gasteiger partial charge is 0.496 e. The Labute approximate surface area is 110 Å². The maximum Gasteiger partial charge on any atom is 0.127 e. The van der Waals surface area contributed by atoms with Crippen molar-refractivity contribution in [2.24, 2.45) is 11.8 Å². The summed E-state index contributed by atoms with van der Waals surface area (Å²) in [4.78, 5) is 0. The second-order valence-corrected chi connectivity index (χ2v) is 4.95. The quantitative estimate of drug-likeness (QED) is 0.842. The minimum atomic E-state index is 0.219. The number of ether oxygens (including phenoxy) is 2. The van der Waals surface area contributed by atoms with E-state index in [-0.39, 0.29) is 6.04 Å². The van der Waals surface area contributed by atoms with Gasteiger partial charge in [-0.25, -0.2) is 0 Å². The molecule has 0 aliphatic rings. The zero-order chi connectivity index (χ0) is 13.7. The van der Waals surface area contributed by atoms with Gasteiger partial charge < -0.3 is 14.8 Å². The Bertz CT molecular complexity index is 355. The van der Waals surface area contributed by atoms with Gasteiger partial charge in [-0.2, -0.15) is 0 Å². The van der Waals surface area contributed by atoms with Crippen molar-refractivity contribution in [3.63, 3.8) is 0 Å². The highest BCUT2D eigenvalue weighted by atomic mass is 16.5. The van der Waals surface area contributed by atoms with E-state index >= 15 is 0 Å². The molecule has 0 saturated carbocycles. The predicted molar refractivity (Wildman–Crippen MR) is 75.3 cm³/mol. The van der Waals surface area contributed by atoms with Crippen LogP contribution in [0.5, 0.6) is 11.5 Å². The molecule has 0 fully saturated rings. The van der Waals surface area contributed by atoms with Gasteiger partial charge in [-0.05, 0) is 31.0 Å². The van der Waals surface area contributed by atoms with Crippen LogP contribution in [0, 0.1) is 11.8 Å². The van der Waals surface area contributed by atoms with Gasteiger partial charge in [0.05, 0.1) is 19.8 Å². The maximum atomic E-state index is 5.48. The number of nitrogens with one attached hydrogen (secondary N) is 1. The number of hydrogen-bond acceptors (Lipinski definition) is 3. The van der Waals surface area contributed by atoms with E-state index in [1.165, 1.54) is 0 Å². The molecule has 0 aliphatic heterocycles. The minimum Gasteiger partial charge on any atom is -0.496 e. The molecule has 1 aromatic carbocycles. The normalized spacial score (nSPS) is 14.4. The predicted octanol–water partition coefficient (Wildman–Crippen LogP) is 3.26. The van der Waals surface area contributed by atoms with Gasteiger partial charge in [0.25, 0.3) is 0 Å². The summed E-state index contributed by atoms with van der Waals surface area (Å²) in [6.45, 7) is 6.71. The lowest BCUT2D eigenvalue weighted by atomic mass is 9.85. The fourth-order valence-corrected chi connectivity index (χ4v) is 2.24. The van der Waals surface area contributed by atoms with E-state index in [2.05, 4.69) is 26.1 Å². The average Bonchev–Trinajstić information content (AvgIpc) is 2.39. The summed E-state index contributed by atoms with van der Waals surface area (Å²) in [5.74, 6) is 2.82. The highest BCUT2D eigenvalue weighted by molar-refractivity contribution is 5.47. The maximum absolute atomic E-state index is 5.48. The monoisotopic (exact) mass is 251 g/mol. The Morgan fingerprint density at radius 1 is 1.00 bits per heavy atom. The molecule has 1 rings (SSSR count). The highest BCUT2D eigenvalue weighted by Gasteiger charge is 2.26. The summed E-state index contributed by atoms with van der Waals surface area (Å²) in [6.07, 6.45) is 0. The Morgan fingerprint density at radius 2 is 1.50 bits per heavy atom. The lowest BCUT2D eigenvalue weighted by Gasteiger charge is -2.29. The molecule has 1 aromatic rings. The van der Waals surface area contributed by atoms with Gasteiger partial charge in [0.1, 0.15) is 11.5 Å². The van der Waals surface area contributed by atoms with Gasteiger partial charge in [0.2, 0.25) is 0 Å². The van der Waals surface area contributed by atoms with Crippen molar-refractivity contribution in [3.05, 3.63) is 23.8 Å². The van der Waals surface area contributed by atoms with Crippen molar-refractivity contribution in [1.82, 2.24) is 5.32 Å². The summed E-state index contributed by atoms with van der Waals surface area (Å²) < 4.78 is 11.0. The smallest absolute Gasteiger partial charge is 0.127 e. The van der Waals surface area contributed by atoms with Gasteiger partial charge in [-0.15, -0.1) is 0 Å². The van der Waals surface area contributed by atoms with E-state index < -0.39 is 0 Å². The third-order valence-corrected chi connectivity index (χ3v) is 3.67. The topological polar surface area (TPSA) is 30.5 Å². The van der Waals surface area contributed by atoms with Crippen LogP contribution in [0.15, 0.2) is 18.2 Å². The van der Waals surface area contributed by atoms with E-state index in [4.69, 9.17) is 9.47 Å². The first kappa shape index (κ1) is 14.8. The molecule has 0 aromatic heterocycles.